The van der Waals surface area contributed by atoms with Crippen LogP contribution in [-0.4, -0.2) is 17.1 Å². The predicted octanol–water partition coefficient (Wildman–Crippen LogP) is 4.15. The van der Waals surface area contributed by atoms with Crippen molar-refractivity contribution < 1.29 is 9.15 Å². The Hall–Kier alpha value is -3.34. The molecular weight excluding hydrogens is 302 g/mol. The number of oxazole rings is 1. The molecule has 0 bridgehead atoms. The minimum absolute atomic E-state index is 0.388. The van der Waals surface area contributed by atoms with Gasteiger partial charge in [0, 0.05) is 11.8 Å². The molecule has 2 heterocycles. The largest absolute Gasteiger partial charge is 0.497 e. The van der Waals surface area contributed by atoms with Gasteiger partial charge < -0.3 is 14.9 Å². The predicted molar refractivity (Wildman–Crippen MR) is 93.6 cm³/mol. The zero-order valence-electron chi connectivity index (χ0n) is 13.1. The molecule has 0 fully saturated rings. The van der Waals surface area contributed by atoms with Crippen molar-refractivity contribution in [3.8, 4) is 28.3 Å². The molecule has 2 aromatic heterocycles. The van der Waals surface area contributed by atoms with Gasteiger partial charge in [-0.2, -0.15) is 0 Å². The lowest BCUT2D eigenvalue weighted by Gasteiger charge is -2.06. The fourth-order valence-electron chi connectivity index (χ4n) is 2.58. The number of hydrogen-bond donors (Lipinski definition) is 1. The van der Waals surface area contributed by atoms with Crippen molar-refractivity contribution >= 4 is 16.9 Å². The van der Waals surface area contributed by atoms with Crippen molar-refractivity contribution in [2.24, 2.45) is 0 Å². The molecule has 0 atom stereocenters. The minimum atomic E-state index is 0.388. The summed E-state index contributed by atoms with van der Waals surface area (Å²) in [6.07, 6.45) is 1.74. The van der Waals surface area contributed by atoms with E-state index in [0.717, 1.165) is 28.0 Å². The first-order valence-corrected chi connectivity index (χ1v) is 7.50. The van der Waals surface area contributed by atoms with E-state index in [-0.39, 0.29) is 0 Å². The maximum absolute atomic E-state index is 6.04. The van der Waals surface area contributed by atoms with E-state index in [1.807, 2.05) is 54.6 Å². The average molecular weight is 317 g/mol. The smallest absolute Gasteiger partial charge is 0.231 e. The Morgan fingerprint density at radius 2 is 1.79 bits per heavy atom. The molecule has 4 rings (SSSR count). The molecule has 0 aliphatic carbocycles. The van der Waals surface area contributed by atoms with Crippen LogP contribution in [0.15, 0.2) is 65.2 Å². The summed E-state index contributed by atoms with van der Waals surface area (Å²) in [6, 6.07) is 17.3. The van der Waals surface area contributed by atoms with Gasteiger partial charge in [-0.05, 0) is 35.9 Å². The van der Waals surface area contributed by atoms with Crippen LogP contribution in [0.25, 0.3) is 33.7 Å². The standard InChI is InChI=1S/C19H15N3O2/c1-23-14-8-6-12(7-9-14)13-10-15(18(20)21-11-13)19-22-16-4-2-3-5-17(16)24-19/h2-11H,1H3,(H2,20,21). The highest BCUT2D eigenvalue weighted by molar-refractivity contribution is 5.80. The fourth-order valence-corrected chi connectivity index (χ4v) is 2.58. The molecule has 0 spiro atoms. The summed E-state index contributed by atoms with van der Waals surface area (Å²) >= 11 is 0. The maximum Gasteiger partial charge on any atom is 0.231 e. The Bertz CT molecular complexity index is 974. The van der Waals surface area contributed by atoms with Crippen LogP contribution in [0, 0.1) is 0 Å². The summed E-state index contributed by atoms with van der Waals surface area (Å²) in [5.74, 6) is 1.66. The zero-order valence-corrected chi connectivity index (χ0v) is 13.1. The Labute approximate surface area is 138 Å². The minimum Gasteiger partial charge on any atom is -0.497 e. The van der Waals surface area contributed by atoms with Crippen LogP contribution >= 0.6 is 0 Å². The first kappa shape index (κ1) is 14.3. The summed E-state index contributed by atoms with van der Waals surface area (Å²) in [4.78, 5) is 8.79. The molecule has 0 saturated heterocycles. The van der Waals surface area contributed by atoms with Crippen molar-refractivity contribution in [2.45, 2.75) is 0 Å². The lowest BCUT2D eigenvalue weighted by molar-refractivity contribution is 0.415. The van der Waals surface area contributed by atoms with E-state index in [4.69, 9.17) is 14.9 Å². The van der Waals surface area contributed by atoms with Gasteiger partial charge in [-0.1, -0.05) is 24.3 Å². The van der Waals surface area contributed by atoms with Gasteiger partial charge in [-0.15, -0.1) is 0 Å². The third-order valence-electron chi connectivity index (χ3n) is 3.87. The average Bonchev–Trinajstić information content (AvgIpc) is 3.06. The number of rotatable bonds is 3. The Morgan fingerprint density at radius 1 is 1.00 bits per heavy atom. The number of nitrogens with two attached hydrogens (primary N) is 1. The van der Waals surface area contributed by atoms with Crippen molar-refractivity contribution in [3.05, 3.63) is 60.8 Å². The molecule has 0 saturated carbocycles. The van der Waals surface area contributed by atoms with Crippen LogP contribution in [0.4, 0.5) is 5.82 Å². The van der Waals surface area contributed by atoms with E-state index >= 15 is 0 Å². The molecule has 4 aromatic rings. The van der Waals surface area contributed by atoms with E-state index in [1.54, 1.807) is 13.3 Å². The number of ether oxygens (including phenoxy) is 1. The second-order valence-corrected chi connectivity index (χ2v) is 5.37. The highest BCUT2D eigenvalue weighted by Crippen LogP contribution is 2.31. The van der Waals surface area contributed by atoms with Gasteiger partial charge in [-0.3, -0.25) is 0 Å². The molecule has 0 amide bonds. The molecule has 0 aliphatic heterocycles. The topological polar surface area (TPSA) is 74.2 Å². The number of methoxy groups -OCH3 is 1. The van der Waals surface area contributed by atoms with Crippen molar-refractivity contribution in [1.82, 2.24) is 9.97 Å². The second-order valence-electron chi connectivity index (χ2n) is 5.37. The molecule has 5 heteroatoms. The summed E-state index contributed by atoms with van der Waals surface area (Å²) in [6.45, 7) is 0. The monoisotopic (exact) mass is 317 g/mol. The first-order chi connectivity index (χ1) is 11.7. The summed E-state index contributed by atoms with van der Waals surface area (Å²) in [5, 5.41) is 0. The van der Waals surface area contributed by atoms with E-state index in [1.165, 1.54) is 0 Å². The van der Waals surface area contributed by atoms with Crippen molar-refractivity contribution in [2.75, 3.05) is 12.8 Å². The SMILES string of the molecule is COc1ccc(-c2cnc(N)c(-c3nc4ccccc4o3)c2)cc1. The first-order valence-electron chi connectivity index (χ1n) is 7.50. The molecule has 5 nitrogen and oxygen atoms in total. The molecule has 0 aliphatic rings. The van der Waals surface area contributed by atoms with E-state index in [2.05, 4.69) is 9.97 Å². The number of aromatic nitrogens is 2. The lowest BCUT2D eigenvalue weighted by atomic mass is 10.1. The number of pyridine rings is 1. The Balaban J connectivity index is 1.80. The molecule has 0 radical (unpaired) electrons. The van der Waals surface area contributed by atoms with Gasteiger partial charge in [-0.25, -0.2) is 9.97 Å². The summed E-state index contributed by atoms with van der Waals surface area (Å²) < 4.78 is 11.0. The molecular formula is C19H15N3O2. The van der Waals surface area contributed by atoms with E-state index in [0.29, 0.717) is 17.3 Å². The molecule has 2 N–H and O–H groups in total. The maximum atomic E-state index is 6.04. The Morgan fingerprint density at radius 3 is 2.54 bits per heavy atom. The van der Waals surface area contributed by atoms with Crippen LogP contribution in [0.3, 0.4) is 0 Å². The number of nitrogens with zero attached hydrogens (tertiary/aromatic N) is 2. The van der Waals surface area contributed by atoms with Gasteiger partial charge in [0.25, 0.3) is 0 Å². The normalized spacial score (nSPS) is 10.9. The summed E-state index contributed by atoms with van der Waals surface area (Å²) in [7, 11) is 1.64. The third-order valence-corrected chi connectivity index (χ3v) is 3.87. The van der Waals surface area contributed by atoms with Crippen LogP contribution in [0.1, 0.15) is 0 Å². The molecule has 118 valence electrons. The highest BCUT2D eigenvalue weighted by Gasteiger charge is 2.13. The number of benzene rings is 2. The fraction of sp³-hybridized carbons (Fsp3) is 0.0526. The van der Waals surface area contributed by atoms with Gasteiger partial charge in [0.2, 0.25) is 5.89 Å². The third kappa shape index (κ3) is 2.46. The van der Waals surface area contributed by atoms with E-state index in [9.17, 15) is 0 Å². The number of nitrogen functional groups attached to an aromatic ring is 1. The lowest BCUT2D eigenvalue weighted by Crippen LogP contribution is -1.95. The van der Waals surface area contributed by atoms with Crippen molar-refractivity contribution in [1.29, 1.82) is 0 Å². The molecule has 24 heavy (non-hydrogen) atoms. The Kier molecular flexibility index (Phi) is 3.39. The number of anilines is 1. The van der Waals surface area contributed by atoms with Crippen LogP contribution in [0.5, 0.6) is 5.75 Å². The number of fused-ring (bicyclic) bond motifs is 1. The molecule has 0 unspecified atom stereocenters. The zero-order chi connectivity index (χ0) is 16.5. The van der Waals surface area contributed by atoms with Crippen LogP contribution in [-0.2, 0) is 0 Å². The molecule has 2 aromatic carbocycles. The van der Waals surface area contributed by atoms with Crippen LogP contribution in [0.2, 0.25) is 0 Å². The second kappa shape index (κ2) is 5.70. The quantitative estimate of drug-likeness (QED) is 0.614. The van der Waals surface area contributed by atoms with Gasteiger partial charge in [0.1, 0.15) is 17.1 Å². The van der Waals surface area contributed by atoms with E-state index < -0.39 is 0 Å². The van der Waals surface area contributed by atoms with Gasteiger partial charge in [0.15, 0.2) is 5.58 Å². The van der Waals surface area contributed by atoms with Gasteiger partial charge >= 0.3 is 0 Å². The highest BCUT2D eigenvalue weighted by atomic mass is 16.5. The van der Waals surface area contributed by atoms with Crippen molar-refractivity contribution in [3.63, 3.8) is 0 Å². The number of hydrogen-bond acceptors (Lipinski definition) is 5. The summed E-state index contributed by atoms with van der Waals surface area (Å²) in [5.41, 5.74) is 10.2. The number of para-hydroxylation sites is 2. The van der Waals surface area contributed by atoms with Crippen LogP contribution < -0.4 is 10.5 Å². The van der Waals surface area contributed by atoms with Gasteiger partial charge in [0.05, 0.1) is 12.7 Å².